The van der Waals surface area contributed by atoms with Gasteiger partial charge in [0.15, 0.2) is 0 Å². The van der Waals surface area contributed by atoms with Crippen molar-refractivity contribution in [3.8, 4) is 0 Å². The zero-order valence-electron chi connectivity index (χ0n) is 10.7. The summed E-state index contributed by atoms with van der Waals surface area (Å²) in [6.45, 7) is 4.29. The summed E-state index contributed by atoms with van der Waals surface area (Å²) in [5, 5.41) is 3.82. The zero-order valence-corrected chi connectivity index (χ0v) is 11.5. The van der Waals surface area contributed by atoms with Crippen LogP contribution in [0.3, 0.4) is 0 Å². The van der Waals surface area contributed by atoms with E-state index in [1.54, 1.807) is 0 Å². The van der Waals surface area contributed by atoms with Crippen molar-refractivity contribution in [3.05, 3.63) is 11.8 Å². The largest absolute Gasteiger partial charge is 0.357 e. The van der Waals surface area contributed by atoms with Gasteiger partial charge in [0.05, 0.1) is 0 Å². The summed E-state index contributed by atoms with van der Waals surface area (Å²) in [5.41, 5.74) is 1.16. The first-order valence-electron chi connectivity index (χ1n) is 6.03. The molecule has 0 unspecified atom stereocenters. The molecule has 1 aromatic heterocycles. The Morgan fingerprint density at radius 3 is 2.71 bits per heavy atom. The molecule has 1 N–H and O–H groups in total. The molecule has 94 valence electrons. The van der Waals surface area contributed by atoms with E-state index in [2.05, 4.69) is 33.4 Å². The fourth-order valence-electron chi connectivity index (χ4n) is 2.18. The van der Waals surface area contributed by atoms with Gasteiger partial charge < -0.3 is 10.2 Å². The Kier molecular flexibility index (Phi) is 4.10. The van der Waals surface area contributed by atoms with E-state index in [-0.39, 0.29) is 0 Å². The highest BCUT2D eigenvalue weighted by Gasteiger charge is 2.20. The van der Waals surface area contributed by atoms with Crippen molar-refractivity contribution in [3.63, 3.8) is 0 Å². The molecular weight excluding hydrogens is 232 g/mol. The van der Waals surface area contributed by atoms with Crippen LogP contribution in [0.15, 0.2) is 6.20 Å². The molecule has 0 spiro atoms. The highest BCUT2D eigenvalue weighted by atomic mass is 32.2. The maximum atomic E-state index is 4.56. The van der Waals surface area contributed by atoms with Crippen molar-refractivity contribution in [2.75, 3.05) is 36.6 Å². The Morgan fingerprint density at radius 2 is 2.12 bits per heavy atom. The topological polar surface area (TPSA) is 41.1 Å². The highest BCUT2D eigenvalue weighted by molar-refractivity contribution is 7.99. The molecule has 5 heteroatoms. The monoisotopic (exact) mass is 252 g/mol. The van der Waals surface area contributed by atoms with E-state index in [0.717, 1.165) is 29.7 Å². The Hall–Kier alpha value is -0.970. The Bertz CT molecular complexity index is 375. The number of thioether (sulfide) groups is 1. The highest BCUT2D eigenvalue weighted by Crippen LogP contribution is 2.26. The Balaban J connectivity index is 2.12. The predicted octanol–water partition coefficient (Wildman–Crippen LogP) is 2.16. The van der Waals surface area contributed by atoms with Crippen molar-refractivity contribution in [2.45, 2.75) is 25.0 Å². The maximum Gasteiger partial charge on any atom is 0.224 e. The summed E-state index contributed by atoms with van der Waals surface area (Å²) in [7, 11) is 1.86. The second-order valence-electron chi connectivity index (χ2n) is 4.37. The summed E-state index contributed by atoms with van der Waals surface area (Å²) < 4.78 is 0. The van der Waals surface area contributed by atoms with Gasteiger partial charge in [-0.1, -0.05) is 0 Å². The van der Waals surface area contributed by atoms with E-state index >= 15 is 0 Å². The number of hydrogen-bond donors (Lipinski definition) is 1. The number of nitrogens with zero attached hydrogens (tertiary/aromatic N) is 3. The first-order chi connectivity index (χ1) is 8.24. The van der Waals surface area contributed by atoms with Crippen molar-refractivity contribution >= 4 is 23.5 Å². The number of rotatable bonds is 3. The van der Waals surface area contributed by atoms with Gasteiger partial charge in [-0.2, -0.15) is 16.7 Å². The van der Waals surface area contributed by atoms with Gasteiger partial charge >= 0.3 is 0 Å². The lowest BCUT2D eigenvalue weighted by Crippen LogP contribution is -2.35. The minimum absolute atomic E-state index is 0.706. The number of nitrogens with one attached hydrogen (secondary N) is 1. The second kappa shape index (κ2) is 5.58. The first kappa shape index (κ1) is 12.5. The van der Waals surface area contributed by atoms with Gasteiger partial charge in [-0.05, 0) is 26.0 Å². The third kappa shape index (κ3) is 2.83. The molecule has 0 radical (unpaired) electrons. The fraction of sp³-hybridized carbons (Fsp3) is 0.667. The van der Waals surface area contributed by atoms with E-state index in [0.29, 0.717) is 5.95 Å². The van der Waals surface area contributed by atoms with Gasteiger partial charge in [0.2, 0.25) is 5.95 Å². The molecular formula is C12H20N4S. The van der Waals surface area contributed by atoms with Gasteiger partial charge in [0.25, 0.3) is 0 Å². The van der Waals surface area contributed by atoms with Crippen LogP contribution in [-0.4, -0.2) is 41.6 Å². The molecule has 1 fully saturated rings. The molecule has 1 saturated heterocycles. The van der Waals surface area contributed by atoms with Crippen LogP contribution >= 0.6 is 11.8 Å². The Morgan fingerprint density at radius 1 is 1.41 bits per heavy atom. The van der Waals surface area contributed by atoms with Crippen molar-refractivity contribution in [1.82, 2.24) is 9.97 Å². The van der Waals surface area contributed by atoms with Gasteiger partial charge in [0, 0.05) is 37.1 Å². The molecule has 17 heavy (non-hydrogen) atoms. The molecule has 0 saturated carbocycles. The first-order valence-corrected chi connectivity index (χ1v) is 7.32. The maximum absolute atomic E-state index is 4.56. The average Bonchev–Trinajstić information content (AvgIpc) is 2.39. The van der Waals surface area contributed by atoms with Crippen LogP contribution in [0.25, 0.3) is 0 Å². The molecule has 0 aliphatic carbocycles. The second-order valence-corrected chi connectivity index (χ2v) is 5.51. The molecule has 2 rings (SSSR count). The van der Waals surface area contributed by atoms with Crippen LogP contribution < -0.4 is 10.2 Å². The summed E-state index contributed by atoms with van der Waals surface area (Å²) in [6, 6.07) is 0. The molecule has 1 aliphatic rings. The molecule has 4 nitrogen and oxygen atoms in total. The predicted molar refractivity (Wildman–Crippen MR) is 75.1 cm³/mol. The van der Waals surface area contributed by atoms with Crippen LogP contribution in [0.5, 0.6) is 0 Å². The molecule has 0 atom stereocenters. The van der Waals surface area contributed by atoms with Crippen LogP contribution in [0, 0.1) is 6.92 Å². The zero-order chi connectivity index (χ0) is 12.3. The van der Waals surface area contributed by atoms with E-state index in [9.17, 15) is 0 Å². The lowest BCUT2D eigenvalue weighted by Gasteiger charge is -2.32. The normalized spacial score (nSPS) is 17.2. The quantitative estimate of drug-likeness (QED) is 0.893. The van der Waals surface area contributed by atoms with E-state index in [4.69, 9.17) is 0 Å². The number of anilines is 2. The van der Waals surface area contributed by atoms with Crippen molar-refractivity contribution in [1.29, 1.82) is 0 Å². The van der Waals surface area contributed by atoms with Gasteiger partial charge in [-0.25, -0.2) is 4.98 Å². The SMILES string of the molecule is CNc1ncc(C)c(N2CCC(SC)CC2)n1. The van der Waals surface area contributed by atoms with Crippen LogP contribution in [0.4, 0.5) is 11.8 Å². The number of piperidine rings is 1. The lowest BCUT2D eigenvalue weighted by atomic mass is 10.1. The lowest BCUT2D eigenvalue weighted by molar-refractivity contribution is 0.585. The number of aryl methyl sites for hydroxylation is 1. The minimum Gasteiger partial charge on any atom is -0.357 e. The fourth-order valence-corrected chi connectivity index (χ4v) is 2.86. The summed E-state index contributed by atoms with van der Waals surface area (Å²) >= 11 is 1.98. The summed E-state index contributed by atoms with van der Waals surface area (Å²) in [4.78, 5) is 11.2. The molecule has 1 aliphatic heterocycles. The molecule has 1 aromatic rings. The smallest absolute Gasteiger partial charge is 0.224 e. The van der Waals surface area contributed by atoms with Crippen molar-refractivity contribution < 1.29 is 0 Å². The van der Waals surface area contributed by atoms with Crippen LogP contribution in [0.2, 0.25) is 0 Å². The van der Waals surface area contributed by atoms with Gasteiger partial charge in [-0.15, -0.1) is 0 Å². The van der Waals surface area contributed by atoms with Crippen LogP contribution in [-0.2, 0) is 0 Å². The molecule has 0 aromatic carbocycles. The van der Waals surface area contributed by atoms with Crippen molar-refractivity contribution in [2.24, 2.45) is 0 Å². The minimum atomic E-state index is 0.706. The Labute approximate surface area is 107 Å². The molecule has 0 bridgehead atoms. The molecule has 0 amide bonds. The summed E-state index contributed by atoms with van der Waals surface area (Å²) in [6.07, 6.45) is 6.60. The average molecular weight is 252 g/mol. The van der Waals surface area contributed by atoms with Crippen LogP contribution in [0.1, 0.15) is 18.4 Å². The van der Waals surface area contributed by atoms with E-state index < -0.39 is 0 Å². The van der Waals surface area contributed by atoms with Gasteiger partial charge in [0.1, 0.15) is 5.82 Å². The van der Waals surface area contributed by atoms with E-state index in [1.807, 2.05) is 25.0 Å². The molecule has 2 heterocycles. The number of aromatic nitrogens is 2. The standard InChI is InChI=1S/C12H20N4S/c1-9-8-14-12(13-2)15-11(9)16-6-4-10(17-3)5-7-16/h8,10H,4-7H2,1-3H3,(H,13,14,15). The number of hydrogen-bond acceptors (Lipinski definition) is 5. The van der Waals surface area contributed by atoms with E-state index in [1.165, 1.54) is 12.8 Å². The van der Waals surface area contributed by atoms with Gasteiger partial charge in [-0.3, -0.25) is 0 Å². The third-order valence-electron chi connectivity index (χ3n) is 3.24. The third-order valence-corrected chi connectivity index (χ3v) is 4.38. The summed E-state index contributed by atoms with van der Waals surface area (Å²) in [5.74, 6) is 1.79.